The third-order valence-corrected chi connectivity index (χ3v) is 4.48. The average Bonchev–Trinajstić information content (AvgIpc) is 2.45. The van der Waals surface area contributed by atoms with E-state index in [2.05, 4.69) is 17.2 Å². The highest BCUT2D eigenvalue weighted by Gasteiger charge is 2.20. The lowest BCUT2D eigenvalue weighted by atomic mass is 9.81. The highest BCUT2D eigenvalue weighted by atomic mass is 16.2. The third-order valence-electron chi connectivity index (χ3n) is 4.48. The number of hydrogen-bond acceptors (Lipinski definition) is 4. The highest BCUT2D eigenvalue weighted by molar-refractivity contribution is 5.60. The van der Waals surface area contributed by atoms with Gasteiger partial charge in [-0.2, -0.15) is 0 Å². The van der Waals surface area contributed by atoms with Gasteiger partial charge in [-0.3, -0.25) is 14.3 Å². The number of hydrogen-bond donors (Lipinski definition) is 3. The molecule has 0 aromatic carbocycles. The van der Waals surface area contributed by atoms with Crippen molar-refractivity contribution in [3.63, 3.8) is 0 Å². The highest BCUT2D eigenvalue weighted by Crippen LogP contribution is 2.30. The average molecular weight is 280 g/mol. The van der Waals surface area contributed by atoms with Gasteiger partial charge in [-0.05, 0) is 24.7 Å². The zero-order chi connectivity index (χ0) is 14.7. The third kappa shape index (κ3) is 3.05. The van der Waals surface area contributed by atoms with Crippen LogP contribution in [0.2, 0.25) is 0 Å². The van der Waals surface area contributed by atoms with Gasteiger partial charge in [-0.25, -0.2) is 4.79 Å². The maximum Gasteiger partial charge on any atom is 0.329 e. The summed E-state index contributed by atoms with van der Waals surface area (Å²) in [6, 6.07) is 0. The first-order chi connectivity index (χ1) is 9.52. The van der Waals surface area contributed by atoms with E-state index in [9.17, 15) is 9.59 Å². The van der Waals surface area contributed by atoms with Gasteiger partial charge in [0, 0.05) is 13.6 Å². The van der Waals surface area contributed by atoms with Crippen LogP contribution in [-0.2, 0) is 7.05 Å². The van der Waals surface area contributed by atoms with E-state index in [0.717, 1.165) is 12.5 Å². The second-order valence-electron chi connectivity index (χ2n) is 5.75. The van der Waals surface area contributed by atoms with Gasteiger partial charge in [0.1, 0.15) is 11.5 Å². The Bertz CT molecular complexity index is 568. The molecule has 112 valence electrons. The standard InChI is InChI=1S/C14H24N4O2/c1-3-9-4-6-10(7-5-9)8-16-11-12(15)18(2)14(20)17-13(11)19/h9-10,16H,3-8,15H2,1-2H3,(H,17,19,20). The first kappa shape index (κ1) is 14.7. The molecule has 4 N–H and O–H groups in total. The summed E-state index contributed by atoms with van der Waals surface area (Å²) in [5, 5.41) is 3.12. The van der Waals surface area contributed by atoms with E-state index in [4.69, 9.17) is 5.73 Å². The van der Waals surface area contributed by atoms with Crippen molar-refractivity contribution in [2.24, 2.45) is 18.9 Å². The monoisotopic (exact) mass is 280 g/mol. The SMILES string of the molecule is CCC1CCC(CNc2c(N)n(C)c(=O)[nH]c2=O)CC1. The van der Waals surface area contributed by atoms with Gasteiger partial charge in [-0.15, -0.1) is 0 Å². The molecule has 1 aliphatic rings. The minimum absolute atomic E-state index is 0.195. The number of rotatable bonds is 4. The summed E-state index contributed by atoms with van der Waals surface area (Å²) < 4.78 is 1.25. The number of aromatic nitrogens is 2. The number of nitrogens with two attached hydrogens (primary N) is 1. The van der Waals surface area contributed by atoms with Gasteiger partial charge in [0.2, 0.25) is 0 Å². The minimum Gasteiger partial charge on any atom is -0.383 e. The zero-order valence-corrected chi connectivity index (χ0v) is 12.2. The predicted molar refractivity (Wildman–Crippen MR) is 80.9 cm³/mol. The molecule has 0 amide bonds. The molecule has 6 nitrogen and oxygen atoms in total. The summed E-state index contributed by atoms with van der Waals surface area (Å²) in [5.41, 5.74) is 5.21. The van der Waals surface area contributed by atoms with Crippen LogP contribution in [0.3, 0.4) is 0 Å². The predicted octanol–water partition coefficient (Wildman–Crippen LogP) is 1.28. The molecule has 1 aliphatic carbocycles. The van der Waals surface area contributed by atoms with Gasteiger partial charge in [0.15, 0.2) is 0 Å². The topological polar surface area (TPSA) is 92.9 Å². The second-order valence-corrected chi connectivity index (χ2v) is 5.75. The summed E-state index contributed by atoms with van der Waals surface area (Å²) >= 11 is 0. The lowest BCUT2D eigenvalue weighted by Gasteiger charge is -2.28. The number of H-pyrrole nitrogens is 1. The van der Waals surface area contributed by atoms with Gasteiger partial charge in [0.25, 0.3) is 5.56 Å². The molecule has 1 aromatic heterocycles. The molecule has 20 heavy (non-hydrogen) atoms. The van der Waals surface area contributed by atoms with E-state index in [1.807, 2.05) is 0 Å². The van der Waals surface area contributed by atoms with Crippen LogP contribution in [0.25, 0.3) is 0 Å². The van der Waals surface area contributed by atoms with Crippen LogP contribution < -0.4 is 22.3 Å². The van der Waals surface area contributed by atoms with Crippen molar-refractivity contribution in [2.75, 3.05) is 17.6 Å². The fourth-order valence-corrected chi connectivity index (χ4v) is 2.90. The van der Waals surface area contributed by atoms with Crippen molar-refractivity contribution < 1.29 is 0 Å². The van der Waals surface area contributed by atoms with Crippen LogP contribution in [0.5, 0.6) is 0 Å². The van der Waals surface area contributed by atoms with Crippen LogP contribution >= 0.6 is 0 Å². The number of anilines is 2. The molecule has 0 unspecified atom stereocenters. The normalized spacial score (nSPS) is 22.7. The minimum atomic E-state index is -0.485. The Morgan fingerprint density at radius 3 is 2.45 bits per heavy atom. The number of aromatic amines is 1. The summed E-state index contributed by atoms with van der Waals surface area (Å²) in [6.07, 6.45) is 6.17. The molecule has 0 atom stereocenters. The van der Waals surface area contributed by atoms with E-state index >= 15 is 0 Å². The van der Waals surface area contributed by atoms with E-state index < -0.39 is 11.2 Å². The molecule has 0 spiro atoms. The Balaban J connectivity index is 2.00. The summed E-state index contributed by atoms with van der Waals surface area (Å²) in [5.74, 6) is 1.63. The van der Waals surface area contributed by atoms with Gasteiger partial charge >= 0.3 is 5.69 Å². The molecular weight excluding hydrogens is 256 g/mol. The molecule has 0 aliphatic heterocycles. The zero-order valence-electron chi connectivity index (χ0n) is 12.2. The summed E-state index contributed by atoms with van der Waals surface area (Å²) in [4.78, 5) is 25.4. The Hall–Kier alpha value is -1.72. The molecular formula is C14H24N4O2. The van der Waals surface area contributed by atoms with Gasteiger partial charge in [0.05, 0.1) is 0 Å². The Labute approximate surface area is 118 Å². The van der Waals surface area contributed by atoms with Crippen molar-refractivity contribution in [1.82, 2.24) is 9.55 Å². The molecule has 0 radical (unpaired) electrons. The molecule has 0 saturated heterocycles. The molecule has 1 heterocycles. The van der Waals surface area contributed by atoms with Gasteiger partial charge in [-0.1, -0.05) is 26.2 Å². The quantitative estimate of drug-likeness (QED) is 0.774. The molecule has 1 saturated carbocycles. The fraction of sp³-hybridized carbons (Fsp3) is 0.714. The first-order valence-corrected chi connectivity index (χ1v) is 7.35. The molecule has 6 heteroatoms. The number of nitrogens with zero attached hydrogens (tertiary/aromatic N) is 1. The second kappa shape index (κ2) is 6.15. The first-order valence-electron chi connectivity index (χ1n) is 7.35. The maximum absolute atomic E-state index is 11.8. The number of nitrogens with one attached hydrogen (secondary N) is 2. The van der Waals surface area contributed by atoms with Crippen LogP contribution in [0.15, 0.2) is 9.59 Å². The summed E-state index contributed by atoms with van der Waals surface area (Å²) in [7, 11) is 1.55. The molecule has 2 rings (SSSR count). The Kier molecular flexibility index (Phi) is 4.52. The Morgan fingerprint density at radius 1 is 1.25 bits per heavy atom. The lowest BCUT2D eigenvalue weighted by molar-refractivity contribution is 0.278. The Morgan fingerprint density at radius 2 is 1.85 bits per heavy atom. The summed E-state index contributed by atoms with van der Waals surface area (Å²) in [6.45, 7) is 2.98. The van der Waals surface area contributed by atoms with Crippen LogP contribution in [0.4, 0.5) is 11.5 Å². The van der Waals surface area contributed by atoms with Gasteiger partial charge < -0.3 is 11.1 Å². The fourth-order valence-electron chi connectivity index (χ4n) is 2.90. The largest absolute Gasteiger partial charge is 0.383 e. The van der Waals surface area contributed by atoms with E-state index in [-0.39, 0.29) is 5.82 Å². The van der Waals surface area contributed by atoms with E-state index in [1.54, 1.807) is 7.05 Å². The van der Waals surface area contributed by atoms with Crippen molar-refractivity contribution >= 4 is 11.5 Å². The van der Waals surface area contributed by atoms with Crippen LogP contribution in [0.1, 0.15) is 39.0 Å². The van der Waals surface area contributed by atoms with Crippen molar-refractivity contribution in [3.8, 4) is 0 Å². The van der Waals surface area contributed by atoms with Crippen molar-refractivity contribution in [1.29, 1.82) is 0 Å². The van der Waals surface area contributed by atoms with Crippen molar-refractivity contribution in [3.05, 3.63) is 20.8 Å². The number of nitrogen functional groups attached to an aromatic ring is 1. The maximum atomic E-state index is 11.8. The van der Waals surface area contributed by atoms with Crippen LogP contribution in [-0.4, -0.2) is 16.1 Å². The van der Waals surface area contributed by atoms with E-state index in [1.165, 1.54) is 36.7 Å². The molecule has 0 bridgehead atoms. The van der Waals surface area contributed by atoms with Crippen LogP contribution in [0, 0.1) is 11.8 Å². The van der Waals surface area contributed by atoms with E-state index in [0.29, 0.717) is 11.6 Å². The molecule has 1 aromatic rings. The molecule has 1 fully saturated rings. The van der Waals surface area contributed by atoms with Crippen molar-refractivity contribution in [2.45, 2.75) is 39.0 Å². The lowest BCUT2D eigenvalue weighted by Crippen LogP contribution is -2.33. The smallest absolute Gasteiger partial charge is 0.329 e.